The van der Waals surface area contributed by atoms with Crippen LogP contribution in [0.1, 0.15) is 11.3 Å². The SMILES string of the molecule is O=C(O)N1CCOC(Cc2c(-c3ccc(SCc4ccccc4)cc3Cl)nc3cc(Cl)ccn23)C1. The van der Waals surface area contributed by atoms with Gasteiger partial charge in [-0.15, -0.1) is 11.8 Å². The number of halogens is 2. The Bertz CT molecular complexity index is 1360. The van der Waals surface area contributed by atoms with Crippen LogP contribution >= 0.6 is 35.0 Å². The van der Waals surface area contributed by atoms with Gasteiger partial charge < -0.3 is 19.1 Å². The third kappa shape index (κ3) is 5.43. The summed E-state index contributed by atoms with van der Waals surface area (Å²) in [5.74, 6) is 0.855. The van der Waals surface area contributed by atoms with Crippen LogP contribution in [-0.4, -0.2) is 51.3 Å². The van der Waals surface area contributed by atoms with E-state index in [1.165, 1.54) is 10.5 Å². The van der Waals surface area contributed by atoms with Crippen molar-refractivity contribution in [1.82, 2.24) is 14.3 Å². The first kappa shape index (κ1) is 24.0. The Kier molecular flexibility index (Phi) is 7.20. The highest BCUT2D eigenvalue weighted by atomic mass is 35.5. The molecule has 6 nitrogen and oxygen atoms in total. The highest BCUT2D eigenvalue weighted by molar-refractivity contribution is 7.98. The van der Waals surface area contributed by atoms with Gasteiger partial charge in [0.2, 0.25) is 0 Å². The van der Waals surface area contributed by atoms with Crippen LogP contribution in [0.4, 0.5) is 4.79 Å². The van der Waals surface area contributed by atoms with Gasteiger partial charge in [0, 0.05) is 46.5 Å². The minimum atomic E-state index is -0.935. The summed E-state index contributed by atoms with van der Waals surface area (Å²) in [5.41, 5.74) is 4.41. The van der Waals surface area contributed by atoms with Gasteiger partial charge in [-0.05, 0) is 23.8 Å². The second kappa shape index (κ2) is 10.5. The molecule has 1 unspecified atom stereocenters. The van der Waals surface area contributed by atoms with E-state index in [1.54, 1.807) is 23.9 Å². The van der Waals surface area contributed by atoms with E-state index in [0.717, 1.165) is 27.6 Å². The molecule has 9 heteroatoms. The fraction of sp³-hybridized carbons (Fsp3) is 0.231. The van der Waals surface area contributed by atoms with Crippen molar-refractivity contribution < 1.29 is 14.6 Å². The van der Waals surface area contributed by atoms with Crippen molar-refractivity contribution in [1.29, 1.82) is 0 Å². The number of morpholine rings is 1. The molecule has 0 aliphatic carbocycles. The molecule has 5 rings (SSSR count). The average molecular weight is 528 g/mol. The number of pyridine rings is 1. The van der Waals surface area contributed by atoms with Crippen molar-refractivity contribution in [3.63, 3.8) is 0 Å². The van der Waals surface area contributed by atoms with Crippen LogP contribution in [0.3, 0.4) is 0 Å². The fourth-order valence-electron chi connectivity index (χ4n) is 4.23. The number of hydrogen-bond donors (Lipinski definition) is 1. The van der Waals surface area contributed by atoms with E-state index in [0.29, 0.717) is 41.8 Å². The summed E-state index contributed by atoms with van der Waals surface area (Å²) in [6, 6.07) is 19.9. The lowest BCUT2D eigenvalue weighted by Gasteiger charge is -2.31. The van der Waals surface area contributed by atoms with Crippen LogP contribution in [0.15, 0.2) is 71.8 Å². The smallest absolute Gasteiger partial charge is 0.407 e. The van der Waals surface area contributed by atoms with Gasteiger partial charge in [-0.1, -0.05) is 59.6 Å². The Morgan fingerprint density at radius 2 is 1.97 bits per heavy atom. The number of benzene rings is 2. The van der Waals surface area contributed by atoms with Gasteiger partial charge >= 0.3 is 6.09 Å². The molecule has 0 spiro atoms. The number of hydrogen-bond acceptors (Lipinski definition) is 4. The van der Waals surface area contributed by atoms with Gasteiger partial charge in [0.15, 0.2) is 0 Å². The lowest BCUT2D eigenvalue weighted by Crippen LogP contribution is -2.45. The van der Waals surface area contributed by atoms with Crippen molar-refractivity contribution in [3.8, 4) is 11.3 Å². The third-order valence-corrected chi connectivity index (χ3v) is 7.57. The first-order chi connectivity index (χ1) is 17.0. The summed E-state index contributed by atoms with van der Waals surface area (Å²) in [5, 5.41) is 10.6. The molecule has 35 heavy (non-hydrogen) atoms. The summed E-state index contributed by atoms with van der Waals surface area (Å²) in [7, 11) is 0. The highest BCUT2D eigenvalue weighted by Gasteiger charge is 2.27. The minimum absolute atomic E-state index is 0.284. The summed E-state index contributed by atoms with van der Waals surface area (Å²) in [4.78, 5) is 18.8. The number of amides is 1. The number of thioether (sulfide) groups is 1. The number of rotatable bonds is 6. The molecule has 1 saturated heterocycles. The van der Waals surface area contributed by atoms with E-state index >= 15 is 0 Å². The Morgan fingerprint density at radius 3 is 2.74 bits per heavy atom. The molecular weight excluding hydrogens is 505 g/mol. The number of carboxylic acid groups (broad SMARTS) is 1. The van der Waals surface area contributed by atoms with Gasteiger partial charge in [0.1, 0.15) is 5.65 Å². The molecular formula is C26H23Cl2N3O3S. The molecule has 3 heterocycles. The number of imidazole rings is 1. The lowest BCUT2D eigenvalue weighted by atomic mass is 10.1. The van der Waals surface area contributed by atoms with E-state index in [2.05, 4.69) is 18.2 Å². The molecule has 1 amide bonds. The van der Waals surface area contributed by atoms with Gasteiger partial charge in [-0.3, -0.25) is 0 Å². The van der Waals surface area contributed by atoms with Gasteiger partial charge in [0.05, 0.1) is 35.7 Å². The average Bonchev–Trinajstić information content (AvgIpc) is 3.20. The predicted octanol–water partition coefficient (Wildman–Crippen LogP) is 6.52. The maximum Gasteiger partial charge on any atom is 0.407 e. The largest absolute Gasteiger partial charge is 0.465 e. The molecule has 1 fully saturated rings. The number of nitrogens with zero attached hydrogens (tertiary/aromatic N) is 3. The standard InChI is InChI=1S/C26H23Cl2N3O3S/c27-18-8-9-31-23(13-19-15-30(26(32)33)10-11-34-19)25(29-24(31)12-18)21-7-6-20(14-22(21)28)35-16-17-4-2-1-3-5-17/h1-9,12,14,19H,10-11,13,15-16H2,(H,32,33). The van der Waals surface area contributed by atoms with Crippen molar-refractivity contribution >= 4 is 46.7 Å². The van der Waals surface area contributed by atoms with Crippen molar-refractivity contribution in [2.24, 2.45) is 0 Å². The van der Waals surface area contributed by atoms with E-state index < -0.39 is 6.09 Å². The summed E-state index contributed by atoms with van der Waals surface area (Å²) >= 11 is 14.7. The maximum absolute atomic E-state index is 11.5. The summed E-state index contributed by atoms with van der Waals surface area (Å²) in [6.45, 7) is 1.04. The quantitative estimate of drug-likeness (QED) is 0.289. The van der Waals surface area contributed by atoms with Crippen LogP contribution in [0.25, 0.3) is 16.9 Å². The van der Waals surface area contributed by atoms with Crippen LogP contribution in [-0.2, 0) is 16.9 Å². The zero-order valence-corrected chi connectivity index (χ0v) is 21.1. The van der Waals surface area contributed by atoms with Crippen LogP contribution in [0.2, 0.25) is 10.0 Å². The molecule has 2 aromatic carbocycles. The van der Waals surface area contributed by atoms with Crippen LogP contribution in [0, 0.1) is 0 Å². The zero-order chi connectivity index (χ0) is 24.4. The van der Waals surface area contributed by atoms with Gasteiger partial charge in [-0.25, -0.2) is 9.78 Å². The second-order valence-corrected chi connectivity index (χ2v) is 10.2. The fourth-order valence-corrected chi connectivity index (χ4v) is 5.61. The van der Waals surface area contributed by atoms with Crippen molar-refractivity contribution in [3.05, 3.63) is 88.2 Å². The highest BCUT2D eigenvalue weighted by Crippen LogP contribution is 2.35. The van der Waals surface area contributed by atoms with E-state index in [4.69, 9.17) is 32.9 Å². The number of ether oxygens (including phenoxy) is 1. The predicted molar refractivity (Wildman–Crippen MR) is 140 cm³/mol. The summed E-state index contributed by atoms with van der Waals surface area (Å²) in [6.07, 6.45) is 1.14. The second-order valence-electron chi connectivity index (χ2n) is 8.32. The van der Waals surface area contributed by atoms with Crippen LogP contribution < -0.4 is 0 Å². The number of aromatic nitrogens is 2. The summed E-state index contributed by atoms with van der Waals surface area (Å²) < 4.78 is 7.88. The molecule has 0 bridgehead atoms. The number of fused-ring (bicyclic) bond motifs is 1. The zero-order valence-electron chi connectivity index (χ0n) is 18.7. The van der Waals surface area contributed by atoms with Gasteiger partial charge in [0.25, 0.3) is 0 Å². The van der Waals surface area contributed by atoms with E-state index in [9.17, 15) is 9.90 Å². The minimum Gasteiger partial charge on any atom is -0.465 e. The molecule has 180 valence electrons. The maximum atomic E-state index is 11.5. The molecule has 1 aliphatic rings. The molecule has 1 atom stereocenters. The number of carbonyl (C=O) groups is 1. The first-order valence-corrected chi connectivity index (χ1v) is 12.9. The van der Waals surface area contributed by atoms with Gasteiger partial charge in [-0.2, -0.15) is 0 Å². The monoisotopic (exact) mass is 527 g/mol. The van der Waals surface area contributed by atoms with Crippen molar-refractivity contribution in [2.45, 2.75) is 23.2 Å². The Hall–Kier alpha value is -2.71. The molecule has 1 N–H and O–H groups in total. The third-order valence-electron chi connectivity index (χ3n) is 5.96. The molecule has 0 saturated carbocycles. The topological polar surface area (TPSA) is 67.1 Å². The van der Waals surface area contributed by atoms with E-state index in [-0.39, 0.29) is 6.10 Å². The van der Waals surface area contributed by atoms with E-state index in [1.807, 2.05) is 40.9 Å². The molecule has 1 aliphatic heterocycles. The lowest BCUT2D eigenvalue weighted by molar-refractivity contribution is -0.0214. The Morgan fingerprint density at radius 1 is 1.14 bits per heavy atom. The molecule has 2 aromatic heterocycles. The Balaban J connectivity index is 1.45. The first-order valence-electron chi connectivity index (χ1n) is 11.2. The van der Waals surface area contributed by atoms with Crippen molar-refractivity contribution in [2.75, 3.05) is 19.7 Å². The molecule has 4 aromatic rings. The molecule has 0 radical (unpaired) electrons. The normalized spacial score (nSPS) is 16.1. The van der Waals surface area contributed by atoms with Crippen LogP contribution in [0.5, 0.6) is 0 Å². The Labute approximate surface area is 217 Å².